The fraction of sp³-hybridized carbons (Fsp3) is 1.00. The van der Waals surface area contributed by atoms with Crippen molar-refractivity contribution in [3.8, 4) is 0 Å². The zero-order valence-electron chi connectivity index (χ0n) is 6.01. The van der Waals surface area contributed by atoms with Crippen molar-refractivity contribution in [1.29, 1.82) is 0 Å². The number of rotatable bonds is 1. The number of halogens is 1. The minimum atomic E-state index is 0.379. The summed E-state index contributed by atoms with van der Waals surface area (Å²) in [5, 5.41) is 0. The van der Waals surface area contributed by atoms with E-state index in [0.29, 0.717) is 17.7 Å². The fourth-order valence-electron chi connectivity index (χ4n) is 2.05. The van der Waals surface area contributed by atoms with Crippen LogP contribution in [0.15, 0.2) is 0 Å². The van der Waals surface area contributed by atoms with E-state index in [0.717, 1.165) is 26.2 Å². The van der Waals surface area contributed by atoms with E-state index >= 15 is 0 Å². The molecule has 0 atom stereocenters. The van der Waals surface area contributed by atoms with Crippen LogP contribution < -0.4 is 0 Å². The van der Waals surface area contributed by atoms with Gasteiger partial charge in [-0.05, 0) is 7.05 Å². The van der Waals surface area contributed by atoms with Gasteiger partial charge in [-0.1, -0.05) is 0 Å². The van der Waals surface area contributed by atoms with Crippen molar-refractivity contribution in [3.63, 3.8) is 0 Å². The predicted octanol–water partition coefficient (Wildman–Crippen LogP) is 0.766. The molecule has 2 saturated heterocycles. The largest absolute Gasteiger partial charge is 0.305 e. The Bertz CT molecular complexity index is 139. The Morgan fingerprint density at radius 2 is 1.90 bits per heavy atom. The van der Waals surface area contributed by atoms with Gasteiger partial charge in [0.1, 0.15) is 12.3 Å². The molecule has 2 heterocycles. The van der Waals surface area contributed by atoms with Crippen LogP contribution in [0.5, 0.6) is 0 Å². The van der Waals surface area contributed by atoms with Crippen LogP contribution in [0.2, 0.25) is 0 Å². The Labute approximate surface area is 64.8 Å². The highest BCUT2D eigenvalue weighted by Crippen LogP contribution is 2.41. The number of likely N-dealkylation sites (tertiary alicyclic amines) is 1. The van der Waals surface area contributed by atoms with Crippen molar-refractivity contribution in [3.05, 3.63) is 0 Å². The van der Waals surface area contributed by atoms with Gasteiger partial charge in [-0.25, -0.2) is 4.31 Å². The van der Waals surface area contributed by atoms with Crippen molar-refractivity contribution >= 4 is 12.3 Å². The normalized spacial score (nSPS) is 31.8. The molecule has 2 nitrogen and oxygen atoms in total. The van der Waals surface area contributed by atoms with Crippen LogP contribution in [-0.2, 0) is 0 Å². The molecule has 0 aromatic carbocycles. The molecular weight excluding hydrogens is 151 g/mol. The minimum Gasteiger partial charge on any atom is -0.305 e. The van der Waals surface area contributed by atoms with Crippen molar-refractivity contribution < 1.29 is 3.89 Å². The third kappa shape index (κ3) is 0.863. The van der Waals surface area contributed by atoms with Crippen LogP contribution in [0.3, 0.4) is 0 Å². The summed E-state index contributed by atoms with van der Waals surface area (Å²) in [6.07, 6.45) is 0. The lowest BCUT2D eigenvalue weighted by Crippen LogP contribution is -2.69. The van der Waals surface area contributed by atoms with Gasteiger partial charge in [0.2, 0.25) is 0 Å². The second-order valence-corrected chi connectivity index (χ2v) is 4.19. The van der Waals surface area contributed by atoms with Gasteiger partial charge >= 0.3 is 0 Å². The molecule has 0 aliphatic carbocycles. The molecular formula is C6H11FN2S. The second-order valence-electron chi connectivity index (χ2n) is 3.54. The Morgan fingerprint density at radius 3 is 2.30 bits per heavy atom. The lowest BCUT2D eigenvalue weighted by atomic mass is 9.75. The molecule has 1 spiro atoms. The third-order valence-corrected chi connectivity index (χ3v) is 2.79. The first-order valence-electron chi connectivity index (χ1n) is 3.46. The summed E-state index contributed by atoms with van der Waals surface area (Å²) in [4.78, 5) is 2.28. The first-order chi connectivity index (χ1) is 4.74. The molecule has 0 N–H and O–H groups in total. The molecule has 2 aliphatic heterocycles. The summed E-state index contributed by atoms with van der Waals surface area (Å²) in [7, 11) is 2.11. The molecule has 2 rings (SSSR count). The maximum atomic E-state index is 11.9. The van der Waals surface area contributed by atoms with Crippen molar-refractivity contribution in [2.24, 2.45) is 5.41 Å². The zero-order chi connectivity index (χ0) is 7.19. The average Bonchev–Trinajstić information content (AvgIpc) is 1.74. The lowest BCUT2D eigenvalue weighted by molar-refractivity contribution is -0.0642. The maximum Gasteiger partial charge on any atom is 0.134 e. The monoisotopic (exact) mass is 162 g/mol. The maximum absolute atomic E-state index is 11.9. The highest BCUT2D eigenvalue weighted by atomic mass is 32.2. The van der Waals surface area contributed by atoms with Gasteiger partial charge in [-0.3, -0.25) is 0 Å². The highest BCUT2D eigenvalue weighted by Gasteiger charge is 2.50. The van der Waals surface area contributed by atoms with E-state index in [1.54, 1.807) is 4.31 Å². The predicted molar refractivity (Wildman–Crippen MR) is 40.2 cm³/mol. The van der Waals surface area contributed by atoms with Gasteiger partial charge < -0.3 is 4.90 Å². The summed E-state index contributed by atoms with van der Waals surface area (Å²) in [6, 6.07) is 0. The van der Waals surface area contributed by atoms with Gasteiger partial charge in [-0.2, -0.15) is 0 Å². The zero-order valence-corrected chi connectivity index (χ0v) is 6.83. The van der Waals surface area contributed by atoms with Crippen molar-refractivity contribution in [1.82, 2.24) is 9.21 Å². The van der Waals surface area contributed by atoms with Crippen LogP contribution in [0.4, 0.5) is 3.89 Å². The van der Waals surface area contributed by atoms with Gasteiger partial charge in [0, 0.05) is 31.6 Å². The second kappa shape index (κ2) is 2.09. The lowest BCUT2D eigenvalue weighted by Gasteiger charge is -2.58. The van der Waals surface area contributed by atoms with E-state index in [-0.39, 0.29) is 0 Å². The number of hydrogen-bond acceptors (Lipinski definition) is 3. The summed E-state index contributed by atoms with van der Waals surface area (Å²) in [6.45, 7) is 4.20. The summed E-state index contributed by atoms with van der Waals surface area (Å²) in [5.41, 5.74) is 0.480. The standard InChI is InChI=1S/C6H11FN2S/c1-8-2-6(3-8)4-9(5-6)10-7/h2-5H2,1H3. The van der Waals surface area contributed by atoms with Crippen molar-refractivity contribution in [2.45, 2.75) is 0 Å². The first kappa shape index (κ1) is 6.88. The molecule has 10 heavy (non-hydrogen) atoms. The number of hydrogen-bond donors (Lipinski definition) is 0. The molecule has 58 valence electrons. The smallest absolute Gasteiger partial charge is 0.134 e. The molecule has 0 unspecified atom stereocenters. The van der Waals surface area contributed by atoms with E-state index in [4.69, 9.17) is 0 Å². The van der Waals surface area contributed by atoms with Crippen LogP contribution in [0.25, 0.3) is 0 Å². The Hall–Kier alpha value is 0.200. The SMILES string of the molecule is CN1CC2(C1)CN(SF)C2. The van der Waals surface area contributed by atoms with Gasteiger partial charge in [-0.15, -0.1) is 3.89 Å². The molecule has 4 heteroatoms. The van der Waals surface area contributed by atoms with E-state index in [2.05, 4.69) is 11.9 Å². The third-order valence-electron chi connectivity index (χ3n) is 2.33. The van der Waals surface area contributed by atoms with Crippen LogP contribution in [0.1, 0.15) is 0 Å². The molecule has 0 amide bonds. The minimum absolute atomic E-state index is 0.379. The number of nitrogens with zero attached hydrogens (tertiary/aromatic N) is 2. The first-order valence-corrected chi connectivity index (χ1v) is 4.14. The van der Waals surface area contributed by atoms with E-state index in [1.165, 1.54) is 0 Å². The molecule has 2 fully saturated rings. The highest BCUT2D eigenvalue weighted by molar-refractivity contribution is 7.91. The Kier molecular flexibility index (Phi) is 1.44. The van der Waals surface area contributed by atoms with E-state index < -0.39 is 0 Å². The summed E-state index contributed by atoms with van der Waals surface area (Å²) in [5.74, 6) is 0. The molecule has 0 aromatic rings. The summed E-state index contributed by atoms with van der Waals surface area (Å²) < 4.78 is 13.6. The summed E-state index contributed by atoms with van der Waals surface area (Å²) >= 11 is 0.379. The van der Waals surface area contributed by atoms with Crippen LogP contribution >= 0.6 is 12.3 Å². The van der Waals surface area contributed by atoms with Gasteiger partial charge in [0.05, 0.1) is 0 Å². The molecule has 2 aliphatic rings. The molecule has 0 saturated carbocycles. The molecule has 0 bridgehead atoms. The quantitative estimate of drug-likeness (QED) is 0.526. The Balaban J connectivity index is 1.80. The van der Waals surface area contributed by atoms with Gasteiger partial charge in [0.25, 0.3) is 0 Å². The van der Waals surface area contributed by atoms with Crippen LogP contribution in [0, 0.1) is 5.41 Å². The molecule has 0 radical (unpaired) electrons. The molecule has 0 aromatic heterocycles. The van der Waals surface area contributed by atoms with E-state index in [1.807, 2.05) is 0 Å². The Morgan fingerprint density at radius 1 is 1.30 bits per heavy atom. The fourth-order valence-corrected chi connectivity index (χ4v) is 2.69. The van der Waals surface area contributed by atoms with Crippen molar-refractivity contribution in [2.75, 3.05) is 33.2 Å². The van der Waals surface area contributed by atoms with E-state index in [9.17, 15) is 3.89 Å². The van der Waals surface area contributed by atoms with Crippen LogP contribution in [-0.4, -0.2) is 42.4 Å². The average molecular weight is 162 g/mol. The topological polar surface area (TPSA) is 6.48 Å². The van der Waals surface area contributed by atoms with Gasteiger partial charge in [0.15, 0.2) is 0 Å².